The Morgan fingerprint density at radius 1 is 1.09 bits per heavy atom. The summed E-state index contributed by atoms with van der Waals surface area (Å²) in [5.74, 6) is 0.660. The molecule has 4 aromatic rings. The fourth-order valence-electron chi connectivity index (χ4n) is 5.65. The highest BCUT2D eigenvalue weighted by molar-refractivity contribution is 9.10. The van der Waals surface area contributed by atoms with Crippen LogP contribution in [-0.2, 0) is 11.2 Å². The van der Waals surface area contributed by atoms with Crippen molar-refractivity contribution in [2.75, 3.05) is 0 Å². The number of hydrogen-bond donors (Lipinski definition) is 1. The average Bonchev–Trinajstić information content (AvgIpc) is 3.38. The Kier molecular flexibility index (Phi) is 5.03. The van der Waals surface area contributed by atoms with Crippen LogP contribution in [0.5, 0.6) is 0 Å². The quantitative estimate of drug-likeness (QED) is 0.341. The molecule has 0 fully saturated rings. The maximum atomic E-state index is 13.5. The SMILES string of the molecule is O=C(O)OC(CC1c2ccccc2-c2ccccc21)C1CCc2nc3cc(Br)ccc3c(=O)n21. The van der Waals surface area contributed by atoms with Crippen molar-refractivity contribution >= 4 is 33.0 Å². The van der Waals surface area contributed by atoms with Gasteiger partial charge < -0.3 is 9.84 Å². The largest absolute Gasteiger partial charge is 0.506 e. The van der Waals surface area contributed by atoms with Crippen LogP contribution in [0, 0.1) is 0 Å². The van der Waals surface area contributed by atoms with Crippen LogP contribution >= 0.6 is 15.9 Å². The van der Waals surface area contributed by atoms with E-state index in [2.05, 4.69) is 40.2 Å². The van der Waals surface area contributed by atoms with Crippen LogP contribution in [0.15, 0.2) is 76.0 Å². The lowest BCUT2D eigenvalue weighted by Crippen LogP contribution is -2.34. The fourth-order valence-corrected chi connectivity index (χ4v) is 6.00. The molecule has 2 heterocycles. The third-order valence-corrected chi connectivity index (χ3v) is 7.54. The molecule has 2 unspecified atom stereocenters. The lowest BCUT2D eigenvalue weighted by atomic mass is 9.88. The number of aryl methyl sites for hydroxylation is 1. The van der Waals surface area contributed by atoms with Crippen molar-refractivity contribution < 1.29 is 14.6 Å². The zero-order valence-corrected chi connectivity index (χ0v) is 19.7. The van der Waals surface area contributed by atoms with Gasteiger partial charge in [0.1, 0.15) is 11.9 Å². The van der Waals surface area contributed by atoms with Gasteiger partial charge in [0, 0.05) is 16.8 Å². The number of carboxylic acid groups (broad SMARTS) is 1. The minimum atomic E-state index is -1.33. The van der Waals surface area contributed by atoms with Crippen molar-refractivity contribution in [3.8, 4) is 11.1 Å². The standard InChI is InChI=1S/C27H21BrN2O4/c28-15-9-10-20-22(13-15)29-25-12-11-23(30(25)26(20)31)24(34-27(32)33)14-21-18-7-3-1-5-16(18)17-6-2-4-8-19(17)21/h1-10,13,21,23-24H,11-12,14H2,(H,32,33). The summed E-state index contributed by atoms with van der Waals surface area (Å²) in [4.78, 5) is 29.9. The van der Waals surface area contributed by atoms with E-state index in [0.717, 1.165) is 15.6 Å². The molecule has 1 aliphatic heterocycles. The first kappa shape index (κ1) is 21.1. The van der Waals surface area contributed by atoms with E-state index in [-0.39, 0.29) is 11.5 Å². The molecule has 3 aromatic carbocycles. The van der Waals surface area contributed by atoms with E-state index >= 15 is 0 Å². The van der Waals surface area contributed by atoms with Crippen molar-refractivity contribution in [3.63, 3.8) is 0 Å². The van der Waals surface area contributed by atoms with Gasteiger partial charge in [0.2, 0.25) is 0 Å². The lowest BCUT2D eigenvalue weighted by molar-refractivity contribution is 0.0224. The molecule has 2 atom stereocenters. The molecule has 0 saturated carbocycles. The topological polar surface area (TPSA) is 81.4 Å². The van der Waals surface area contributed by atoms with Gasteiger partial charge >= 0.3 is 6.16 Å². The molecule has 2 aliphatic rings. The van der Waals surface area contributed by atoms with Crippen LogP contribution in [-0.4, -0.2) is 26.9 Å². The van der Waals surface area contributed by atoms with E-state index in [4.69, 9.17) is 9.72 Å². The summed E-state index contributed by atoms with van der Waals surface area (Å²) in [6, 6.07) is 21.5. The van der Waals surface area contributed by atoms with Gasteiger partial charge in [-0.15, -0.1) is 0 Å². The molecule has 1 aromatic heterocycles. The fraction of sp³-hybridized carbons (Fsp3) is 0.222. The number of aromatic nitrogens is 2. The molecular formula is C27H21BrN2O4. The summed E-state index contributed by atoms with van der Waals surface area (Å²) in [6.45, 7) is 0. The zero-order valence-electron chi connectivity index (χ0n) is 18.1. The summed E-state index contributed by atoms with van der Waals surface area (Å²) in [7, 11) is 0. The first-order valence-corrected chi connectivity index (χ1v) is 12.1. The van der Waals surface area contributed by atoms with Gasteiger partial charge in [0.05, 0.1) is 16.9 Å². The number of rotatable bonds is 4. The van der Waals surface area contributed by atoms with Crippen molar-refractivity contribution in [1.29, 1.82) is 0 Å². The van der Waals surface area contributed by atoms with Crippen LogP contribution in [0.4, 0.5) is 4.79 Å². The molecular weight excluding hydrogens is 496 g/mol. The Labute approximate surface area is 204 Å². The maximum absolute atomic E-state index is 13.5. The molecule has 1 N–H and O–H groups in total. The minimum absolute atomic E-state index is 0.0131. The van der Waals surface area contributed by atoms with Gasteiger partial charge in [-0.3, -0.25) is 9.36 Å². The average molecular weight is 517 g/mol. The molecule has 34 heavy (non-hydrogen) atoms. The number of carbonyl (C=O) groups is 1. The molecule has 0 bridgehead atoms. The third kappa shape index (κ3) is 3.34. The van der Waals surface area contributed by atoms with E-state index < -0.39 is 18.3 Å². The van der Waals surface area contributed by atoms with Gasteiger partial charge in [-0.1, -0.05) is 64.5 Å². The monoisotopic (exact) mass is 516 g/mol. The first-order chi connectivity index (χ1) is 16.5. The number of halogens is 1. The number of nitrogens with zero attached hydrogens (tertiary/aromatic N) is 2. The number of ether oxygens (including phenoxy) is 1. The molecule has 0 radical (unpaired) electrons. The summed E-state index contributed by atoms with van der Waals surface area (Å²) in [5.41, 5.74) is 5.14. The van der Waals surface area contributed by atoms with Crippen LogP contribution in [0.2, 0.25) is 0 Å². The van der Waals surface area contributed by atoms with Crippen LogP contribution < -0.4 is 5.56 Å². The molecule has 0 saturated heterocycles. The molecule has 0 spiro atoms. The normalized spacial score (nSPS) is 17.3. The van der Waals surface area contributed by atoms with Crippen molar-refractivity contribution in [3.05, 3.63) is 98.5 Å². The second-order valence-corrected chi connectivity index (χ2v) is 9.77. The Morgan fingerprint density at radius 3 is 2.44 bits per heavy atom. The summed E-state index contributed by atoms with van der Waals surface area (Å²) in [5, 5.41) is 10.1. The predicted octanol–water partition coefficient (Wildman–Crippen LogP) is 5.91. The predicted molar refractivity (Wildman–Crippen MR) is 132 cm³/mol. The van der Waals surface area contributed by atoms with Gasteiger partial charge in [0.25, 0.3) is 5.56 Å². The van der Waals surface area contributed by atoms with E-state index in [1.165, 1.54) is 11.1 Å². The molecule has 6 nitrogen and oxygen atoms in total. The van der Waals surface area contributed by atoms with Crippen LogP contribution in [0.3, 0.4) is 0 Å². The number of hydrogen-bond acceptors (Lipinski definition) is 4. The maximum Gasteiger partial charge on any atom is 0.506 e. The van der Waals surface area contributed by atoms with E-state index in [9.17, 15) is 14.7 Å². The second kappa shape index (κ2) is 8.09. The Bertz CT molecular complexity index is 1470. The number of benzene rings is 3. The van der Waals surface area contributed by atoms with E-state index in [0.29, 0.717) is 36.0 Å². The Morgan fingerprint density at radius 2 is 1.76 bits per heavy atom. The zero-order chi connectivity index (χ0) is 23.4. The first-order valence-electron chi connectivity index (χ1n) is 11.3. The molecule has 6 rings (SSSR count). The highest BCUT2D eigenvalue weighted by Crippen LogP contribution is 2.48. The minimum Gasteiger partial charge on any atom is -0.450 e. The van der Waals surface area contributed by atoms with Crippen molar-refractivity contribution in [2.24, 2.45) is 0 Å². The van der Waals surface area contributed by atoms with Crippen molar-refractivity contribution in [1.82, 2.24) is 9.55 Å². The lowest BCUT2D eigenvalue weighted by Gasteiger charge is -2.27. The molecule has 170 valence electrons. The highest BCUT2D eigenvalue weighted by Gasteiger charge is 2.39. The smallest absolute Gasteiger partial charge is 0.450 e. The van der Waals surface area contributed by atoms with E-state index in [1.54, 1.807) is 10.6 Å². The molecule has 1 aliphatic carbocycles. The van der Waals surface area contributed by atoms with Gasteiger partial charge in [0.15, 0.2) is 0 Å². The van der Waals surface area contributed by atoms with E-state index in [1.807, 2.05) is 36.4 Å². The Hall–Kier alpha value is -3.45. The Balaban J connectivity index is 1.43. The van der Waals surface area contributed by atoms with Crippen molar-refractivity contribution in [2.45, 2.75) is 37.3 Å². The summed E-state index contributed by atoms with van der Waals surface area (Å²) < 4.78 is 8.01. The van der Waals surface area contributed by atoms with Crippen LogP contribution in [0.25, 0.3) is 22.0 Å². The summed E-state index contributed by atoms with van der Waals surface area (Å²) >= 11 is 3.44. The highest BCUT2D eigenvalue weighted by atomic mass is 79.9. The van der Waals surface area contributed by atoms with Gasteiger partial charge in [-0.05, 0) is 53.3 Å². The van der Waals surface area contributed by atoms with Gasteiger partial charge in [-0.2, -0.15) is 0 Å². The molecule has 0 amide bonds. The van der Waals surface area contributed by atoms with Gasteiger partial charge in [-0.25, -0.2) is 9.78 Å². The summed E-state index contributed by atoms with van der Waals surface area (Å²) in [6.07, 6.45) is -0.359. The third-order valence-electron chi connectivity index (χ3n) is 7.04. The number of fused-ring (bicyclic) bond motifs is 5. The second-order valence-electron chi connectivity index (χ2n) is 8.86. The molecule has 7 heteroatoms. The van der Waals surface area contributed by atoms with Crippen LogP contribution in [0.1, 0.15) is 41.8 Å².